The summed E-state index contributed by atoms with van der Waals surface area (Å²) in [6.45, 7) is 11.0. The molecule has 2 aromatic heterocycles. The van der Waals surface area contributed by atoms with Crippen molar-refractivity contribution in [2.75, 3.05) is 43.2 Å². The first-order valence-electron chi connectivity index (χ1n) is 23.7. The number of nitriles is 1. The fourth-order valence-electron chi connectivity index (χ4n) is 9.10. The summed E-state index contributed by atoms with van der Waals surface area (Å²) in [5, 5.41) is 22.5. The third kappa shape index (κ3) is 11.7. The maximum Gasteiger partial charge on any atom is 0.420 e. The fraction of sp³-hybridized carbons (Fsp3) is 0.396. The van der Waals surface area contributed by atoms with E-state index in [1.165, 1.54) is 47.9 Å². The van der Waals surface area contributed by atoms with Crippen molar-refractivity contribution in [3.8, 4) is 33.5 Å². The Morgan fingerprint density at radius 2 is 1.68 bits per heavy atom. The summed E-state index contributed by atoms with van der Waals surface area (Å²) in [6, 6.07) is 19.5. The summed E-state index contributed by atoms with van der Waals surface area (Å²) in [5.41, 5.74) is 0.650. The summed E-state index contributed by atoms with van der Waals surface area (Å²) < 4.78 is 68.5. The third-order valence-electron chi connectivity index (χ3n) is 12.9. The number of thiocarbonyl (C=S) groups is 1. The standard InChI is InChI=1S/C53H56F4N8O7S2/c1-31-45(74-30-61-31)34-12-10-32(11-13-34)26-60-47(68)41-24-37(66)28-63(41)48(69)46(51(2,3)4)62(7)42(67)29-71-22-8-9-23-72-38-18-14-33(15-19-38)39-20-17-36(27-59-39)65-50(73)64(49(70)52(65,5)6)40-21-16-35(25-58)43(44(40)54)53(55,56)57/h10-21,27,30,37,41,46,66H,8-9,22-24,26,28-29H2,1-7H3,(H,60,68)/t37-,41+,46-/m1/s1. The molecule has 0 aliphatic carbocycles. The van der Waals surface area contributed by atoms with Gasteiger partial charge in [0.15, 0.2) is 10.9 Å². The second-order valence-corrected chi connectivity index (χ2v) is 20.9. The lowest BCUT2D eigenvalue weighted by Crippen LogP contribution is -2.58. The number of likely N-dealkylation sites (tertiary alicyclic amines) is 1. The van der Waals surface area contributed by atoms with E-state index in [2.05, 4.69) is 15.3 Å². The number of unbranched alkanes of at least 4 members (excludes halogenated alkanes) is 1. The molecule has 2 aliphatic heterocycles. The summed E-state index contributed by atoms with van der Waals surface area (Å²) in [4.78, 5) is 69.5. The number of rotatable bonds is 17. The SMILES string of the molecule is Cc1ncsc1-c1ccc(CNC(=O)[C@@H]2C[C@@H](O)CN2C(=O)[C@@H](N(C)C(=O)COCCCCOc2ccc(-c3ccc(N4C(=S)N(c5ccc(C#N)c(C(F)(F)F)c5F)C(=O)C4(C)C)cn3)cc2)C(C)(C)C)cc1. The molecule has 0 spiro atoms. The molecule has 2 N–H and O–H groups in total. The van der Waals surface area contributed by atoms with Gasteiger partial charge in [-0.1, -0.05) is 45.0 Å². The van der Waals surface area contributed by atoms with Crippen LogP contribution in [0.15, 0.2) is 84.5 Å². The van der Waals surface area contributed by atoms with E-state index in [0.29, 0.717) is 41.5 Å². The van der Waals surface area contributed by atoms with Crippen LogP contribution in [0, 0.1) is 29.5 Å². The minimum absolute atomic E-state index is 0.0407. The van der Waals surface area contributed by atoms with Gasteiger partial charge in [-0.25, -0.2) is 9.37 Å². The number of carbonyl (C=O) groups is 4. The molecule has 0 bridgehead atoms. The summed E-state index contributed by atoms with van der Waals surface area (Å²) in [5.74, 6) is -3.22. The number of aryl methyl sites for hydroxylation is 1. The molecule has 0 unspecified atom stereocenters. The highest BCUT2D eigenvalue weighted by Gasteiger charge is 2.52. The predicted molar refractivity (Wildman–Crippen MR) is 274 cm³/mol. The highest BCUT2D eigenvalue weighted by molar-refractivity contribution is 7.81. The van der Waals surface area contributed by atoms with E-state index in [9.17, 15) is 42.7 Å². The number of amides is 4. The quantitative estimate of drug-likeness (QED) is 0.0516. The van der Waals surface area contributed by atoms with E-state index < -0.39 is 81.6 Å². The Kier molecular flexibility index (Phi) is 16.6. The lowest BCUT2D eigenvalue weighted by atomic mass is 9.84. The summed E-state index contributed by atoms with van der Waals surface area (Å²) in [6.07, 6.45) is -3.41. The van der Waals surface area contributed by atoms with Crippen LogP contribution < -0.4 is 19.9 Å². The molecule has 4 heterocycles. The van der Waals surface area contributed by atoms with E-state index >= 15 is 4.39 Å². The van der Waals surface area contributed by atoms with Gasteiger partial charge in [0.2, 0.25) is 17.7 Å². The largest absolute Gasteiger partial charge is 0.494 e. The number of aliphatic hydroxyl groups is 1. The molecule has 15 nitrogen and oxygen atoms in total. The Hall–Kier alpha value is -6.86. The molecule has 0 radical (unpaired) electrons. The van der Waals surface area contributed by atoms with Gasteiger partial charge in [0, 0.05) is 38.7 Å². The number of anilines is 2. The number of halogens is 4. The first-order chi connectivity index (χ1) is 34.9. The van der Waals surface area contributed by atoms with Crippen molar-refractivity contribution in [3.05, 3.63) is 113 Å². The number of hydrogen-bond donors (Lipinski definition) is 2. The van der Waals surface area contributed by atoms with Crippen molar-refractivity contribution < 1.29 is 51.3 Å². The monoisotopic (exact) mass is 1060 g/mol. The molecular weight excluding hydrogens is 1000 g/mol. The van der Waals surface area contributed by atoms with E-state index in [1.807, 2.05) is 52.0 Å². The lowest BCUT2D eigenvalue weighted by molar-refractivity contribution is -0.153. The Morgan fingerprint density at radius 1 is 1.00 bits per heavy atom. The van der Waals surface area contributed by atoms with Crippen molar-refractivity contribution >= 4 is 63.7 Å². The molecule has 3 atom stereocenters. The number of aliphatic hydroxyl groups excluding tert-OH is 1. The first-order valence-corrected chi connectivity index (χ1v) is 25.0. The minimum Gasteiger partial charge on any atom is -0.494 e. The van der Waals surface area contributed by atoms with Crippen molar-refractivity contribution in [3.63, 3.8) is 0 Å². The molecule has 7 rings (SSSR count). The van der Waals surface area contributed by atoms with Crippen LogP contribution in [0.1, 0.15) is 76.3 Å². The van der Waals surface area contributed by atoms with Gasteiger partial charge < -0.3 is 34.6 Å². The van der Waals surface area contributed by atoms with Crippen LogP contribution in [0.4, 0.5) is 28.9 Å². The number of nitrogens with one attached hydrogen (secondary N) is 1. The number of pyridine rings is 1. The van der Waals surface area contributed by atoms with Gasteiger partial charge in [0.1, 0.15) is 35.5 Å². The first kappa shape index (κ1) is 54.9. The summed E-state index contributed by atoms with van der Waals surface area (Å²) in [7, 11) is 1.54. The number of likely N-dealkylation sites (N-methyl/N-ethyl adjacent to an activating group) is 1. The van der Waals surface area contributed by atoms with Gasteiger partial charge in [0.05, 0.1) is 63.7 Å². The number of ether oxygens (including phenoxy) is 2. The van der Waals surface area contributed by atoms with Crippen LogP contribution in [0.2, 0.25) is 0 Å². The van der Waals surface area contributed by atoms with Crippen LogP contribution in [-0.2, 0) is 36.6 Å². The molecule has 3 aromatic carbocycles. The average Bonchev–Trinajstić information content (AvgIpc) is 4.02. The molecular formula is C53H56F4N8O7S2. The Bertz CT molecular complexity index is 2940. The molecule has 390 valence electrons. The lowest BCUT2D eigenvalue weighted by Gasteiger charge is -2.40. The highest BCUT2D eigenvalue weighted by Crippen LogP contribution is 2.42. The third-order valence-corrected chi connectivity index (χ3v) is 14.2. The zero-order valence-electron chi connectivity index (χ0n) is 41.8. The Labute approximate surface area is 435 Å². The van der Waals surface area contributed by atoms with Crippen molar-refractivity contribution in [2.24, 2.45) is 5.41 Å². The number of alkyl halides is 3. The van der Waals surface area contributed by atoms with Crippen molar-refractivity contribution in [1.82, 2.24) is 25.1 Å². The van der Waals surface area contributed by atoms with Gasteiger partial charge in [-0.3, -0.25) is 29.1 Å². The number of nitrogens with zero attached hydrogens (tertiary/aromatic N) is 7. The van der Waals surface area contributed by atoms with Gasteiger partial charge in [-0.15, -0.1) is 11.3 Å². The molecule has 74 heavy (non-hydrogen) atoms. The minimum atomic E-state index is -5.20. The second-order valence-electron chi connectivity index (χ2n) is 19.6. The number of carbonyl (C=O) groups excluding carboxylic acids is 4. The molecule has 0 saturated carbocycles. The molecule has 2 fully saturated rings. The van der Waals surface area contributed by atoms with E-state index in [4.69, 9.17) is 21.7 Å². The smallest absolute Gasteiger partial charge is 0.420 e. The van der Waals surface area contributed by atoms with Crippen LogP contribution in [0.25, 0.3) is 21.7 Å². The van der Waals surface area contributed by atoms with Crippen LogP contribution in [-0.4, -0.2) is 111 Å². The van der Waals surface area contributed by atoms with Gasteiger partial charge >= 0.3 is 6.18 Å². The highest BCUT2D eigenvalue weighted by atomic mass is 32.1. The van der Waals surface area contributed by atoms with Crippen LogP contribution in [0.3, 0.4) is 0 Å². The zero-order valence-corrected chi connectivity index (χ0v) is 43.5. The molecule has 21 heteroatoms. The van der Waals surface area contributed by atoms with Crippen molar-refractivity contribution in [1.29, 1.82) is 5.26 Å². The topological polar surface area (TPSA) is 182 Å². The Balaban J connectivity index is 0.860. The fourth-order valence-corrected chi connectivity index (χ4v) is 10.4. The average molecular weight is 1060 g/mol. The van der Waals surface area contributed by atoms with E-state index in [0.717, 1.165) is 39.4 Å². The normalized spacial score (nSPS) is 17.1. The number of aromatic nitrogens is 2. The zero-order chi connectivity index (χ0) is 53.9. The molecule has 2 saturated heterocycles. The molecule has 5 aromatic rings. The number of benzene rings is 3. The maximum absolute atomic E-state index is 15.4. The van der Waals surface area contributed by atoms with E-state index in [1.54, 1.807) is 53.2 Å². The van der Waals surface area contributed by atoms with Gasteiger partial charge in [-0.2, -0.15) is 18.4 Å². The molecule has 2 aliphatic rings. The summed E-state index contributed by atoms with van der Waals surface area (Å²) >= 11 is 7.10. The predicted octanol–water partition coefficient (Wildman–Crippen LogP) is 8.45. The van der Waals surface area contributed by atoms with E-state index in [-0.39, 0.29) is 37.8 Å². The van der Waals surface area contributed by atoms with Crippen molar-refractivity contribution in [2.45, 2.75) is 97.3 Å². The number of β-amino-alcohol motifs (C(OH)–C–C–N with tert-alkyl or cyclic N) is 1. The number of hydrogen-bond acceptors (Lipinski definition) is 12. The second kappa shape index (κ2) is 22.3. The Morgan fingerprint density at radius 3 is 2.28 bits per heavy atom. The number of thiazole rings is 1. The van der Waals surface area contributed by atoms with Gasteiger partial charge in [-0.05, 0) is 111 Å². The molecule has 4 amide bonds. The van der Waals surface area contributed by atoms with Crippen LogP contribution in [0.5, 0.6) is 5.75 Å². The van der Waals surface area contributed by atoms with Gasteiger partial charge in [0.25, 0.3) is 5.91 Å². The maximum atomic E-state index is 15.4. The van der Waals surface area contributed by atoms with Crippen LogP contribution >= 0.6 is 23.6 Å².